The molecule has 26 valence electrons. The Morgan fingerprint density at radius 3 is 1.00 bits per heavy atom. The van der Waals surface area contributed by atoms with Crippen LogP contribution < -0.4 is 0 Å². The maximum absolute atomic E-state index is 0. The molecule has 5 heavy (non-hydrogen) atoms. The molecule has 0 rings (SSSR count). The zero-order chi connectivity index (χ0) is 0. The van der Waals surface area contributed by atoms with Crippen LogP contribution in [-0.4, -0.2) is 77.9 Å². The summed E-state index contributed by atoms with van der Waals surface area (Å²) in [6, 6.07) is 0. The Labute approximate surface area is 105 Å². The van der Waals surface area contributed by atoms with Gasteiger partial charge < -0.3 is 0 Å². The van der Waals surface area contributed by atoms with Crippen LogP contribution in [0, 0.1) is 0 Å². The molecule has 0 bridgehead atoms. The van der Waals surface area contributed by atoms with E-state index in [1.807, 2.05) is 0 Å². The van der Waals surface area contributed by atoms with E-state index in [0.29, 0.717) is 0 Å². The van der Waals surface area contributed by atoms with E-state index in [1.54, 1.807) is 0 Å². The van der Waals surface area contributed by atoms with Gasteiger partial charge in [0.25, 0.3) is 0 Å². The monoisotopic (exact) mass is 248 g/mol. The summed E-state index contributed by atoms with van der Waals surface area (Å²) in [7, 11) is 0. The van der Waals surface area contributed by atoms with Crippen LogP contribution in [0.3, 0.4) is 0 Å². The Kier molecular flexibility index (Phi) is 196. The summed E-state index contributed by atoms with van der Waals surface area (Å²) in [5.74, 6) is 0. The third-order valence-electron chi connectivity index (χ3n) is 0. The first-order chi connectivity index (χ1) is 0. The van der Waals surface area contributed by atoms with Crippen LogP contribution in [0.2, 0.25) is 0 Å². The summed E-state index contributed by atoms with van der Waals surface area (Å²) in [6.07, 6.45) is 0. The van der Waals surface area contributed by atoms with Crippen molar-refractivity contribution in [3.8, 4) is 0 Å². The van der Waals surface area contributed by atoms with Crippen LogP contribution in [-0.2, 0) is 19.5 Å². The Morgan fingerprint density at radius 1 is 1.00 bits per heavy atom. The quantitative estimate of drug-likeness (QED) is 0.324. The van der Waals surface area contributed by atoms with E-state index >= 15 is 0 Å². The van der Waals surface area contributed by atoms with Crippen molar-refractivity contribution >= 4 is 87.8 Å². The van der Waals surface area contributed by atoms with Crippen molar-refractivity contribution in [2.24, 2.45) is 0 Å². The van der Waals surface area contributed by atoms with Crippen molar-refractivity contribution in [2.75, 3.05) is 0 Å². The SMILES string of the molecule is P.[CaH2].[MgH2].[SeH2].[Zn]. The van der Waals surface area contributed by atoms with Gasteiger partial charge in [0.1, 0.15) is 0 Å². The molecule has 0 radical (unpaired) electrons. The van der Waals surface area contributed by atoms with Crippen molar-refractivity contribution in [1.29, 1.82) is 0 Å². The summed E-state index contributed by atoms with van der Waals surface area (Å²) < 4.78 is 0. The van der Waals surface area contributed by atoms with E-state index < -0.39 is 0 Å². The zero-order valence-corrected chi connectivity index (χ0v) is 8.39. The fraction of sp³-hybridized carbons (Fsp3) is 0. The molecule has 0 spiro atoms. The molecule has 1 unspecified atom stereocenters. The first-order valence-electron chi connectivity index (χ1n) is 0. The molecule has 0 aliphatic heterocycles. The van der Waals surface area contributed by atoms with Crippen molar-refractivity contribution < 1.29 is 19.5 Å². The molecule has 0 saturated heterocycles. The largest absolute Gasteiger partial charge is 0 e. The van der Waals surface area contributed by atoms with E-state index in [9.17, 15) is 0 Å². The summed E-state index contributed by atoms with van der Waals surface area (Å²) in [6.45, 7) is 0. The Balaban J connectivity index is 0. The third-order valence-corrected chi connectivity index (χ3v) is 0. The minimum absolute atomic E-state index is 0. The molecular formula is H9CaMgPSeZn. The van der Waals surface area contributed by atoms with Gasteiger partial charge in [-0.15, -0.1) is 0 Å². The minimum Gasteiger partial charge on any atom is 0 e. The van der Waals surface area contributed by atoms with E-state index in [2.05, 4.69) is 0 Å². The molecule has 0 heterocycles. The predicted octanol–water partition coefficient (Wildman–Crippen LogP) is -2.69. The number of hydrogen-bond acceptors (Lipinski definition) is 0. The van der Waals surface area contributed by atoms with Crippen LogP contribution in [0.25, 0.3) is 0 Å². The molecule has 5 heteroatoms. The summed E-state index contributed by atoms with van der Waals surface area (Å²) >= 11 is 0. The average Bonchev–Trinajstić information content (AvgIpc) is 0. The van der Waals surface area contributed by atoms with E-state index in [4.69, 9.17) is 0 Å². The van der Waals surface area contributed by atoms with Crippen LogP contribution >= 0.6 is 9.90 Å². The molecule has 1 atom stereocenters. The molecule has 0 aliphatic rings. The van der Waals surface area contributed by atoms with Gasteiger partial charge in [0, 0.05) is 19.5 Å². The van der Waals surface area contributed by atoms with Gasteiger partial charge in [-0.1, -0.05) is 0 Å². The van der Waals surface area contributed by atoms with Gasteiger partial charge in [-0.3, -0.25) is 0 Å². The Morgan fingerprint density at radius 2 is 1.00 bits per heavy atom. The third kappa shape index (κ3) is 18.4. The topological polar surface area (TPSA) is 0 Å². The molecule has 0 fully saturated rings. The van der Waals surface area contributed by atoms with Gasteiger partial charge in [0.15, 0.2) is 0 Å². The molecule has 0 amide bonds. The van der Waals surface area contributed by atoms with Crippen LogP contribution in [0.15, 0.2) is 0 Å². The van der Waals surface area contributed by atoms with Crippen molar-refractivity contribution in [3.05, 3.63) is 0 Å². The Bertz CT molecular complexity index is 11.6. The fourth-order valence-corrected chi connectivity index (χ4v) is 0. The maximum Gasteiger partial charge on any atom is 0 e. The molecule has 0 N–H and O–H groups in total. The molecule has 0 aliphatic carbocycles. The first-order valence-corrected chi connectivity index (χ1v) is 0. The van der Waals surface area contributed by atoms with Crippen LogP contribution in [0.5, 0.6) is 0 Å². The summed E-state index contributed by atoms with van der Waals surface area (Å²) in [5.41, 5.74) is 0. The van der Waals surface area contributed by atoms with Crippen molar-refractivity contribution in [1.82, 2.24) is 0 Å². The molecular weight excluding hydrogens is 240 g/mol. The zero-order valence-electron chi connectivity index (χ0n) is 1.91. The number of rotatable bonds is 0. The standard InChI is InChI=1S/Ca.Mg.H3P.H2Se.Zn.4H/h;;1H3;1H2;;;;;. The number of hydrogen-bond donors (Lipinski definition) is 0. The second-order valence-corrected chi connectivity index (χ2v) is 0. The van der Waals surface area contributed by atoms with E-state index in [1.165, 1.54) is 0 Å². The van der Waals surface area contributed by atoms with Crippen LogP contribution in [0.4, 0.5) is 0 Å². The van der Waals surface area contributed by atoms with Crippen LogP contribution in [0.1, 0.15) is 0 Å². The summed E-state index contributed by atoms with van der Waals surface area (Å²) in [4.78, 5) is 0. The molecule has 0 aromatic rings. The minimum atomic E-state index is 0. The van der Waals surface area contributed by atoms with Gasteiger partial charge in [0.05, 0.1) is 0 Å². The summed E-state index contributed by atoms with van der Waals surface area (Å²) in [5, 5.41) is 0. The van der Waals surface area contributed by atoms with Gasteiger partial charge in [-0.2, -0.15) is 9.90 Å². The van der Waals surface area contributed by atoms with Gasteiger partial charge in [-0.25, -0.2) is 0 Å². The van der Waals surface area contributed by atoms with E-state index in [0.717, 1.165) is 0 Å². The normalized spacial score (nSPS) is 0. The average molecular weight is 249 g/mol. The van der Waals surface area contributed by atoms with E-state index in [-0.39, 0.29) is 107 Å². The predicted molar refractivity (Wildman–Crippen MR) is 36.7 cm³/mol. The van der Waals surface area contributed by atoms with Gasteiger partial charge in [0.2, 0.25) is 0 Å². The molecule has 0 saturated carbocycles. The molecule has 0 aromatic carbocycles. The second kappa shape index (κ2) is 25.5. The fourth-order valence-electron chi connectivity index (χ4n) is 0. The van der Waals surface area contributed by atoms with Crippen molar-refractivity contribution in [3.63, 3.8) is 0 Å². The van der Waals surface area contributed by atoms with Crippen molar-refractivity contribution in [2.45, 2.75) is 0 Å². The molecule has 0 aromatic heterocycles. The van der Waals surface area contributed by atoms with Gasteiger partial charge in [-0.05, 0) is 0 Å². The Hall–Kier alpha value is 3.60. The maximum atomic E-state index is 0. The molecule has 0 nitrogen and oxygen atoms in total. The smallest absolute Gasteiger partial charge is 0 e. The van der Waals surface area contributed by atoms with Gasteiger partial charge >= 0.3 is 77.9 Å². The second-order valence-electron chi connectivity index (χ2n) is 0. The first kappa shape index (κ1) is 38.3.